The molecule has 2 aromatic carbocycles. The summed E-state index contributed by atoms with van der Waals surface area (Å²) in [5.41, 5.74) is -2.61. The summed E-state index contributed by atoms with van der Waals surface area (Å²) < 4.78 is 77.7. The molecule has 0 spiro atoms. The van der Waals surface area contributed by atoms with Crippen LogP contribution in [0.25, 0.3) is 0 Å². The van der Waals surface area contributed by atoms with E-state index in [1.165, 1.54) is 6.07 Å². The second kappa shape index (κ2) is 6.85. The molecule has 0 aliphatic heterocycles. The average molecular weight is 473 g/mol. The zero-order valence-electron chi connectivity index (χ0n) is 12.5. The molecule has 2 nitrogen and oxygen atoms in total. The highest BCUT2D eigenvalue weighted by molar-refractivity contribution is 14.1. The van der Waals surface area contributed by atoms with Gasteiger partial charge in [0.25, 0.3) is 5.91 Å². The van der Waals surface area contributed by atoms with Gasteiger partial charge in [-0.3, -0.25) is 4.79 Å². The first-order valence-corrected chi connectivity index (χ1v) is 7.83. The molecule has 134 valence electrons. The molecule has 0 aromatic heterocycles. The quantitative estimate of drug-likeness (QED) is 0.428. The number of rotatable bonds is 2. The van der Waals surface area contributed by atoms with Crippen molar-refractivity contribution in [3.63, 3.8) is 0 Å². The van der Waals surface area contributed by atoms with E-state index in [4.69, 9.17) is 0 Å². The Kier molecular flexibility index (Phi) is 5.35. The van der Waals surface area contributed by atoms with Gasteiger partial charge in [-0.05, 0) is 65.4 Å². The summed E-state index contributed by atoms with van der Waals surface area (Å²) in [6, 6.07) is 5.50. The minimum Gasteiger partial charge on any atom is -0.322 e. The number of amides is 1. The van der Waals surface area contributed by atoms with Gasteiger partial charge in [0.05, 0.1) is 11.1 Å². The molecule has 0 aliphatic carbocycles. The van der Waals surface area contributed by atoms with E-state index >= 15 is 0 Å². The Bertz CT molecular complexity index is 781. The molecule has 0 bridgehead atoms. The number of carbonyl (C=O) groups excluding carboxylic acids is 1. The maximum atomic E-state index is 12.8. The fourth-order valence-corrected chi connectivity index (χ4v) is 2.48. The Morgan fingerprint density at radius 1 is 0.920 bits per heavy atom. The number of benzene rings is 2. The minimum absolute atomic E-state index is 0.0222. The predicted molar refractivity (Wildman–Crippen MR) is 88.3 cm³/mol. The Morgan fingerprint density at radius 3 is 1.88 bits per heavy atom. The fraction of sp³-hybridized carbons (Fsp3) is 0.188. The van der Waals surface area contributed by atoms with Crippen LogP contribution in [0.5, 0.6) is 0 Å². The number of aryl methyl sites for hydroxylation is 1. The standard InChI is InChI=1S/C16H10F6INO/c1-8-2-3-12(7-13(8)23)24-14(25)9-4-10(15(17,18)19)6-11(5-9)16(20,21)22/h2-7H,1H3,(H,24,25). The van der Waals surface area contributed by atoms with Gasteiger partial charge in [-0.15, -0.1) is 0 Å². The fourth-order valence-electron chi connectivity index (χ4n) is 1.96. The minimum atomic E-state index is -5.00. The number of alkyl halides is 6. The van der Waals surface area contributed by atoms with Crippen LogP contribution in [0.1, 0.15) is 27.0 Å². The van der Waals surface area contributed by atoms with Crippen LogP contribution in [0.15, 0.2) is 36.4 Å². The Morgan fingerprint density at radius 2 is 1.44 bits per heavy atom. The van der Waals surface area contributed by atoms with Gasteiger partial charge in [-0.25, -0.2) is 0 Å². The molecule has 0 saturated heterocycles. The van der Waals surface area contributed by atoms with E-state index in [-0.39, 0.29) is 11.8 Å². The van der Waals surface area contributed by atoms with Crippen molar-refractivity contribution >= 4 is 34.2 Å². The molecule has 0 atom stereocenters. The van der Waals surface area contributed by atoms with Crippen molar-refractivity contribution in [3.05, 3.63) is 62.2 Å². The lowest BCUT2D eigenvalue weighted by molar-refractivity contribution is -0.143. The lowest BCUT2D eigenvalue weighted by Crippen LogP contribution is -2.17. The number of carbonyl (C=O) groups is 1. The SMILES string of the molecule is Cc1ccc(NC(=O)c2cc(C(F)(F)F)cc(C(F)(F)F)c2)cc1I. The van der Waals surface area contributed by atoms with Crippen LogP contribution in [-0.4, -0.2) is 5.91 Å². The first-order valence-electron chi connectivity index (χ1n) is 6.75. The van der Waals surface area contributed by atoms with Gasteiger partial charge in [0.15, 0.2) is 0 Å². The zero-order chi connectivity index (χ0) is 19.0. The number of hydrogen-bond acceptors (Lipinski definition) is 1. The van der Waals surface area contributed by atoms with E-state index in [1.807, 2.05) is 29.5 Å². The second-order valence-electron chi connectivity index (χ2n) is 5.21. The van der Waals surface area contributed by atoms with Gasteiger partial charge in [0.2, 0.25) is 0 Å². The second-order valence-corrected chi connectivity index (χ2v) is 6.37. The van der Waals surface area contributed by atoms with E-state index < -0.39 is 35.0 Å². The van der Waals surface area contributed by atoms with Gasteiger partial charge < -0.3 is 5.32 Å². The number of halogens is 7. The van der Waals surface area contributed by atoms with Gasteiger partial charge in [-0.2, -0.15) is 26.3 Å². The molecule has 0 fully saturated rings. The third kappa shape index (κ3) is 4.86. The molecule has 0 aliphatic rings. The van der Waals surface area contributed by atoms with E-state index in [0.29, 0.717) is 12.1 Å². The molecule has 9 heteroatoms. The van der Waals surface area contributed by atoms with E-state index in [0.717, 1.165) is 9.13 Å². The molecular formula is C16H10F6INO. The van der Waals surface area contributed by atoms with Crippen molar-refractivity contribution in [3.8, 4) is 0 Å². The van der Waals surface area contributed by atoms with Crippen molar-refractivity contribution in [1.82, 2.24) is 0 Å². The van der Waals surface area contributed by atoms with Crippen molar-refractivity contribution in [2.75, 3.05) is 5.32 Å². The van der Waals surface area contributed by atoms with Crippen LogP contribution in [-0.2, 0) is 12.4 Å². The van der Waals surface area contributed by atoms with Crippen LogP contribution in [0, 0.1) is 10.5 Å². The van der Waals surface area contributed by atoms with Crippen molar-refractivity contribution < 1.29 is 31.1 Å². The lowest BCUT2D eigenvalue weighted by atomic mass is 10.0. The highest BCUT2D eigenvalue weighted by Crippen LogP contribution is 2.36. The normalized spacial score (nSPS) is 12.2. The van der Waals surface area contributed by atoms with Crippen molar-refractivity contribution in [1.29, 1.82) is 0 Å². The van der Waals surface area contributed by atoms with Crippen LogP contribution in [0.3, 0.4) is 0 Å². The highest BCUT2D eigenvalue weighted by atomic mass is 127. The molecule has 0 heterocycles. The summed E-state index contributed by atoms with van der Waals surface area (Å²) >= 11 is 1.99. The summed E-state index contributed by atoms with van der Waals surface area (Å²) in [7, 11) is 0. The molecule has 0 radical (unpaired) electrons. The summed E-state index contributed by atoms with van der Waals surface area (Å²) in [5, 5.41) is 2.31. The molecule has 1 amide bonds. The molecule has 0 saturated carbocycles. The highest BCUT2D eigenvalue weighted by Gasteiger charge is 2.37. The molecule has 25 heavy (non-hydrogen) atoms. The Balaban J connectivity index is 2.42. The summed E-state index contributed by atoms with van der Waals surface area (Å²) in [6.45, 7) is 1.82. The van der Waals surface area contributed by atoms with Crippen LogP contribution < -0.4 is 5.32 Å². The molecular weight excluding hydrogens is 463 g/mol. The largest absolute Gasteiger partial charge is 0.416 e. The maximum absolute atomic E-state index is 12.8. The Labute approximate surface area is 152 Å². The van der Waals surface area contributed by atoms with Gasteiger partial charge in [0.1, 0.15) is 0 Å². The molecule has 0 unspecified atom stereocenters. The average Bonchev–Trinajstić information content (AvgIpc) is 2.48. The molecule has 2 rings (SSSR count). The zero-order valence-corrected chi connectivity index (χ0v) is 14.7. The van der Waals surface area contributed by atoms with Gasteiger partial charge in [-0.1, -0.05) is 6.07 Å². The predicted octanol–water partition coefficient (Wildman–Crippen LogP) is 5.89. The summed E-state index contributed by atoms with van der Waals surface area (Å²) in [4.78, 5) is 12.1. The number of nitrogens with one attached hydrogen (secondary N) is 1. The van der Waals surface area contributed by atoms with Crippen molar-refractivity contribution in [2.45, 2.75) is 19.3 Å². The lowest BCUT2D eigenvalue weighted by Gasteiger charge is -2.14. The summed E-state index contributed by atoms with van der Waals surface area (Å²) in [6.07, 6.45) is -10.0. The number of hydrogen-bond donors (Lipinski definition) is 1. The van der Waals surface area contributed by atoms with E-state index in [9.17, 15) is 31.1 Å². The third-order valence-corrected chi connectivity index (χ3v) is 4.44. The molecule has 2 aromatic rings. The number of anilines is 1. The van der Waals surface area contributed by atoms with Crippen LogP contribution in [0.2, 0.25) is 0 Å². The van der Waals surface area contributed by atoms with Crippen LogP contribution in [0.4, 0.5) is 32.0 Å². The first kappa shape index (κ1) is 19.5. The summed E-state index contributed by atoms with van der Waals surface area (Å²) in [5.74, 6) is -1.06. The third-order valence-electron chi connectivity index (χ3n) is 3.28. The monoisotopic (exact) mass is 473 g/mol. The van der Waals surface area contributed by atoms with E-state index in [2.05, 4.69) is 5.32 Å². The first-order chi connectivity index (χ1) is 11.4. The van der Waals surface area contributed by atoms with E-state index in [1.54, 1.807) is 12.1 Å². The van der Waals surface area contributed by atoms with Gasteiger partial charge in [0, 0.05) is 14.8 Å². The van der Waals surface area contributed by atoms with Gasteiger partial charge >= 0.3 is 12.4 Å². The Hall–Kier alpha value is -1.78. The smallest absolute Gasteiger partial charge is 0.322 e. The van der Waals surface area contributed by atoms with Crippen molar-refractivity contribution in [2.24, 2.45) is 0 Å². The molecule has 1 N–H and O–H groups in total. The maximum Gasteiger partial charge on any atom is 0.416 e. The topological polar surface area (TPSA) is 29.1 Å². The van der Waals surface area contributed by atoms with Crippen LogP contribution >= 0.6 is 22.6 Å².